The van der Waals surface area contributed by atoms with E-state index in [9.17, 15) is 5.11 Å². The third-order valence-corrected chi connectivity index (χ3v) is 8.10. The third-order valence-electron chi connectivity index (χ3n) is 8.10. The second-order valence-electron chi connectivity index (χ2n) is 11.9. The van der Waals surface area contributed by atoms with Gasteiger partial charge in [-0.1, -0.05) is 139 Å². The molecule has 2 rings (SSSR count). The summed E-state index contributed by atoms with van der Waals surface area (Å²) >= 11 is 0. The minimum absolute atomic E-state index is 0.0923. The Morgan fingerprint density at radius 3 is 1.74 bits per heavy atom. The lowest BCUT2D eigenvalue weighted by atomic mass is 9.98. The summed E-state index contributed by atoms with van der Waals surface area (Å²) < 4.78 is 18.2. The van der Waals surface area contributed by atoms with E-state index in [1.54, 1.807) is 13.2 Å². The van der Waals surface area contributed by atoms with Crippen LogP contribution in [0.25, 0.3) is 0 Å². The lowest BCUT2D eigenvalue weighted by Gasteiger charge is -2.26. The molecule has 4 nitrogen and oxygen atoms in total. The Morgan fingerprint density at radius 1 is 0.667 bits per heavy atom. The summed E-state index contributed by atoms with van der Waals surface area (Å²) in [6.07, 6.45) is 21.8. The zero-order valence-corrected chi connectivity index (χ0v) is 26.8. The highest BCUT2D eigenvalue weighted by Crippen LogP contribution is 2.22. The highest BCUT2D eigenvalue weighted by molar-refractivity contribution is 5.26. The van der Waals surface area contributed by atoms with Gasteiger partial charge in [-0.05, 0) is 48.9 Å². The first-order chi connectivity index (χ1) is 20.6. The van der Waals surface area contributed by atoms with E-state index >= 15 is 0 Å². The predicted octanol–water partition coefficient (Wildman–Crippen LogP) is 10.4. The Labute approximate surface area is 257 Å². The lowest BCUT2D eigenvalue weighted by Crippen LogP contribution is -2.27. The zero-order chi connectivity index (χ0) is 30.1. The van der Waals surface area contributed by atoms with Crippen molar-refractivity contribution in [2.75, 3.05) is 7.11 Å². The van der Waals surface area contributed by atoms with Gasteiger partial charge in [0, 0.05) is 0 Å². The number of hydrogen-bond donors (Lipinski definition) is 1. The molecule has 0 unspecified atom stereocenters. The van der Waals surface area contributed by atoms with Crippen LogP contribution >= 0.6 is 0 Å². The fourth-order valence-electron chi connectivity index (χ4n) is 5.50. The molecule has 42 heavy (non-hydrogen) atoms. The Bertz CT molecular complexity index is 882. The molecule has 236 valence electrons. The maximum absolute atomic E-state index is 10.6. The van der Waals surface area contributed by atoms with Crippen molar-refractivity contribution in [1.82, 2.24) is 0 Å². The van der Waals surface area contributed by atoms with E-state index in [0.29, 0.717) is 26.1 Å². The molecule has 3 atom stereocenters. The van der Waals surface area contributed by atoms with E-state index < -0.39 is 6.10 Å². The second-order valence-corrected chi connectivity index (χ2v) is 11.9. The van der Waals surface area contributed by atoms with Crippen LogP contribution in [0, 0.1) is 0 Å². The third kappa shape index (κ3) is 17.7. The largest absolute Gasteiger partial charge is 0.497 e. The molecule has 0 aromatic heterocycles. The van der Waals surface area contributed by atoms with Crippen LogP contribution in [0.15, 0.2) is 67.3 Å². The van der Waals surface area contributed by atoms with Crippen molar-refractivity contribution < 1.29 is 19.3 Å². The van der Waals surface area contributed by atoms with Crippen LogP contribution < -0.4 is 4.74 Å². The van der Waals surface area contributed by atoms with E-state index in [1.165, 1.54) is 82.6 Å². The molecule has 0 bridgehead atoms. The molecule has 0 saturated heterocycles. The van der Waals surface area contributed by atoms with Crippen molar-refractivity contribution in [3.05, 3.63) is 78.4 Å². The van der Waals surface area contributed by atoms with Crippen LogP contribution in [0.1, 0.15) is 127 Å². The first-order valence-corrected chi connectivity index (χ1v) is 16.8. The SMILES string of the molecule is C=CC[C@@H](O)C[C@H](C[C@@H](CCCCCCCCCCCCCCC)OCc1ccccc1)OCc1ccc(OC)cc1. The highest BCUT2D eigenvalue weighted by atomic mass is 16.5. The number of rotatable bonds is 27. The lowest BCUT2D eigenvalue weighted by molar-refractivity contribution is -0.0487. The molecule has 4 heteroatoms. The molecular formula is C38H60O4. The van der Waals surface area contributed by atoms with Gasteiger partial charge in [-0.2, -0.15) is 0 Å². The summed E-state index contributed by atoms with van der Waals surface area (Å²) in [7, 11) is 1.68. The predicted molar refractivity (Wildman–Crippen MR) is 177 cm³/mol. The molecule has 0 aliphatic heterocycles. The normalized spacial score (nSPS) is 13.5. The first kappa shape index (κ1) is 36.1. The second kappa shape index (κ2) is 24.3. The van der Waals surface area contributed by atoms with Crippen LogP contribution in [0.4, 0.5) is 0 Å². The maximum Gasteiger partial charge on any atom is 0.118 e. The number of benzene rings is 2. The Balaban J connectivity index is 1.82. The van der Waals surface area contributed by atoms with Gasteiger partial charge in [0.2, 0.25) is 0 Å². The molecular weight excluding hydrogens is 520 g/mol. The minimum atomic E-state index is -0.463. The first-order valence-electron chi connectivity index (χ1n) is 16.8. The van der Waals surface area contributed by atoms with E-state index in [2.05, 4.69) is 37.8 Å². The number of unbranched alkanes of at least 4 members (excludes halogenated alkanes) is 12. The maximum atomic E-state index is 10.6. The molecule has 0 aliphatic carbocycles. The molecule has 1 N–H and O–H groups in total. The zero-order valence-electron chi connectivity index (χ0n) is 26.8. The number of aliphatic hydroxyl groups is 1. The molecule has 0 fully saturated rings. The average Bonchev–Trinajstić information content (AvgIpc) is 3.01. The molecule has 2 aromatic rings. The summed E-state index contributed by atoms with van der Waals surface area (Å²) in [6, 6.07) is 18.4. The van der Waals surface area contributed by atoms with E-state index in [-0.39, 0.29) is 12.2 Å². The molecule has 0 aliphatic rings. The monoisotopic (exact) mass is 580 g/mol. The Kier molecular flexibility index (Phi) is 20.9. The van der Waals surface area contributed by atoms with Crippen LogP contribution in [-0.2, 0) is 22.7 Å². The fraction of sp³-hybridized carbons (Fsp3) is 0.632. The number of ether oxygens (including phenoxy) is 3. The van der Waals surface area contributed by atoms with Crippen LogP contribution in [0.5, 0.6) is 5.75 Å². The van der Waals surface area contributed by atoms with Gasteiger partial charge in [0.1, 0.15) is 5.75 Å². The molecule has 0 radical (unpaired) electrons. The van der Waals surface area contributed by atoms with Gasteiger partial charge < -0.3 is 19.3 Å². The number of hydrogen-bond acceptors (Lipinski definition) is 4. The van der Waals surface area contributed by atoms with Gasteiger partial charge in [-0.15, -0.1) is 6.58 Å². The topological polar surface area (TPSA) is 47.9 Å². The van der Waals surface area contributed by atoms with Crippen LogP contribution in [-0.4, -0.2) is 30.5 Å². The van der Waals surface area contributed by atoms with E-state index in [0.717, 1.165) is 30.6 Å². The van der Waals surface area contributed by atoms with Gasteiger partial charge in [0.15, 0.2) is 0 Å². The van der Waals surface area contributed by atoms with E-state index in [4.69, 9.17) is 14.2 Å². The quantitative estimate of drug-likeness (QED) is 0.0843. The Morgan fingerprint density at radius 2 is 1.19 bits per heavy atom. The summed E-state index contributed by atoms with van der Waals surface area (Å²) in [4.78, 5) is 0. The van der Waals surface area contributed by atoms with Crippen LogP contribution in [0.3, 0.4) is 0 Å². The van der Waals surface area contributed by atoms with Crippen molar-refractivity contribution >= 4 is 0 Å². The summed E-state index contributed by atoms with van der Waals surface area (Å²) in [5.74, 6) is 0.837. The highest BCUT2D eigenvalue weighted by Gasteiger charge is 2.21. The molecule has 2 aromatic carbocycles. The number of methoxy groups -OCH3 is 1. The average molecular weight is 581 g/mol. The standard InChI is InChI=1S/C38H60O4/c1-4-6-7-8-9-10-11-12-13-14-15-16-20-24-37(41-31-33-22-18-17-19-23-33)30-38(29-35(39)21-5-2)42-32-34-25-27-36(40-3)28-26-34/h5,17-19,22-23,25-28,35,37-39H,2,4,6-16,20-21,24,29-32H2,1,3H3/t35-,37-,38-/m1/s1. The molecule has 0 amide bonds. The molecule has 0 spiro atoms. The van der Waals surface area contributed by atoms with E-state index in [1.807, 2.05) is 30.3 Å². The van der Waals surface area contributed by atoms with Gasteiger partial charge >= 0.3 is 0 Å². The minimum Gasteiger partial charge on any atom is -0.497 e. The van der Waals surface area contributed by atoms with Gasteiger partial charge in [-0.3, -0.25) is 0 Å². The number of aliphatic hydroxyl groups excluding tert-OH is 1. The van der Waals surface area contributed by atoms with Crippen molar-refractivity contribution in [2.45, 2.75) is 148 Å². The van der Waals surface area contributed by atoms with Gasteiger partial charge in [-0.25, -0.2) is 0 Å². The van der Waals surface area contributed by atoms with Crippen molar-refractivity contribution in [2.24, 2.45) is 0 Å². The molecule has 0 saturated carbocycles. The van der Waals surface area contributed by atoms with Crippen LogP contribution in [0.2, 0.25) is 0 Å². The van der Waals surface area contributed by atoms with Gasteiger partial charge in [0.05, 0.1) is 38.6 Å². The smallest absolute Gasteiger partial charge is 0.118 e. The van der Waals surface area contributed by atoms with Crippen molar-refractivity contribution in [1.29, 1.82) is 0 Å². The summed E-state index contributed by atoms with van der Waals surface area (Å²) in [5, 5.41) is 10.6. The molecule has 0 heterocycles. The summed E-state index contributed by atoms with van der Waals surface area (Å²) in [6.45, 7) is 7.19. The summed E-state index contributed by atoms with van der Waals surface area (Å²) in [5.41, 5.74) is 2.28. The van der Waals surface area contributed by atoms with Gasteiger partial charge in [0.25, 0.3) is 0 Å². The Hall–Kier alpha value is -2.14. The van der Waals surface area contributed by atoms with Crippen molar-refractivity contribution in [3.63, 3.8) is 0 Å². The fourth-order valence-corrected chi connectivity index (χ4v) is 5.50. The van der Waals surface area contributed by atoms with Crippen molar-refractivity contribution in [3.8, 4) is 5.75 Å².